The summed E-state index contributed by atoms with van der Waals surface area (Å²) in [5.74, 6) is -1.62. The maximum atomic E-state index is 11.9. The fourth-order valence-corrected chi connectivity index (χ4v) is 5.75. The molecule has 1 spiro atoms. The van der Waals surface area contributed by atoms with Crippen molar-refractivity contribution in [3.05, 3.63) is 70.8 Å². The van der Waals surface area contributed by atoms with Gasteiger partial charge in [0.1, 0.15) is 0 Å². The molecule has 4 unspecified atom stereocenters. The quantitative estimate of drug-likeness (QED) is 0.396. The highest BCUT2D eigenvalue weighted by Crippen LogP contribution is 2.42. The molecule has 2 aromatic rings. The zero-order valence-electron chi connectivity index (χ0n) is 23.5. The molecule has 3 N–H and O–H groups in total. The van der Waals surface area contributed by atoms with Crippen molar-refractivity contribution in [2.24, 2.45) is 5.92 Å². The van der Waals surface area contributed by atoms with Crippen LogP contribution in [0.2, 0.25) is 0 Å². The topological polar surface area (TPSA) is 127 Å². The Morgan fingerprint density at radius 3 is 2.20 bits per heavy atom. The van der Waals surface area contributed by atoms with Crippen LogP contribution in [0, 0.1) is 5.92 Å². The SMILES string of the molecule is CC1C(CN2CCC3(CC2)OCCO3)OC(c2ccc(CNC(=O)CCC(=O)O)cc2)OC1c1ccc(CO)cc1. The van der Waals surface area contributed by atoms with Gasteiger partial charge in [0.25, 0.3) is 0 Å². The average Bonchev–Trinajstić information content (AvgIpc) is 3.45. The third-order valence-electron chi connectivity index (χ3n) is 8.30. The van der Waals surface area contributed by atoms with Crippen LogP contribution in [-0.2, 0) is 41.7 Å². The molecular formula is C31H40N2O8. The van der Waals surface area contributed by atoms with Crippen molar-refractivity contribution in [3.63, 3.8) is 0 Å². The molecule has 0 radical (unpaired) electrons. The van der Waals surface area contributed by atoms with E-state index in [4.69, 9.17) is 24.1 Å². The van der Waals surface area contributed by atoms with Crippen molar-refractivity contribution < 1.29 is 38.7 Å². The van der Waals surface area contributed by atoms with Crippen molar-refractivity contribution in [2.45, 2.75) is 70.0 Å². The van der Waals surface area contributed by atoms with E-state index in [1.165, 1.54) is 0 Å². The van der Waals surface area contributed by atoms with Crippen LogP contribution in [0.4, 0.5) is 0 Å². The van der Waals surface area contributed by atoms with E-state index >= 15 is 0 Å². The summed E-state index contributed by atoms with van der Waals surface area (Å²) in [4.78, 5) is 25.0. The van der Waals surface area contributed by atoms with Gasteiger partial charge in [-0.2, -0.15) is 0 Å². The minimum absolute atomic E-state index is 0.00798. The number of piperidine rings is 1. The van der Waals surface area contributed by atoms with E-state index in [0.29, 0.717) is 19.8 Å². The Bertz CT molecular complexity index is 1160. The smallest absolute Gasteiger partial charge is 0.303 e. The number of benzene rings is 2. The van der Waals surface area contributed by atoms with Gasteiger partial charge in [-0.3, -0.25) is 9.59 Å². The van der Waals surface area contributed by atoms with Gasteiger partial charge in [-0.1, -0.05) is 55.5 Å². The number of hydrogen-bond acceptors (Lipinski definition) is 8. The maximum Gasteiger partial charge on any atom is 0.303 e. The Hall–Kier alpha value is -2.86. The first-order valence-corrected chi connectivity index (χ1v) is 14.4. The van der Waals surface area contributed by atoms with Crippen LogP contribution in [0.3, 0.4) is 0 Å². The van der Waals surface area contributed by atoms with Crippen LogP contribution in [0.25, 0.3) is 0 Å². The number of rotatable bonds is 10. The first-order valence-electron chi connectivity index (χ1n) is 14.4. The van der Waals surface area contributed by atoms with Crippen LogP contribution in [-0.4, -0.2) is 71.7 Å². The fourth-order valence-electron chi connectivity index (χ4n) is 5.75. The summed E-state index contributed by atoms with van der Waals surface area (Å²) in [7, 11) is 0. The molecule has 0 aromatic heterocycles. The molecule has 0 aliphatic carbocycles. The van der Waals surface area contributed by atoms with Crippen molar-refractivity contribution in [2.75, 3.05) is 32.8 Å². The van der Waals surface area contributed by atoms with Gasteiger partial charge in [0.2, 0.25) is 5.91 Å². The molecule has 222 valence electrons. The molecule has 0 bridgehead atoms. The molecular weight excluding hydrogens is 528 g/mol. The largest absolute Gasteiger partial charge is 0.481 e. The summed E-state index contributed by atoms with van der Waals surface area (Å²) < 4.78 is 25.0. The second-order valence-corrected chi connectivity index (χ2v) is 11.1. The van der Waals surface area contributed by atoms with Crippen LogP contribution < -0.4 is 5.32 Å². The van der Waals surface area contributed by atoms with Gasteiger partial charge in [-0.05, 0) is 16.7 Å². The second kappa shape index (κ2) is 13.4. The van der Waals surface area contributed by atoms with Crippen LogP contribution >= 0.6 is 0 Å². The van der Waals surface area contributed by atoms with Crippen molar-refractivity contribution in [1.82, 2.24) is 10.2 Å². The molecule has 2 aromatic carbocycles. The lowest BCUT2D eigenvalue weighted by Crippen LogP contribution is -2.50. The predicted molar refractivity (Wildman–Crippen MR) is 148 cm³/mol. The molecule has 3 saturated heterocycles. The molecule has 3 heterocycles. The van der Waals surface area contributed by atoms with Gasteiger partial charge in [0.15, 0.2) is 12.1 Å². The Morgan fingerprint density at radius 2 is 1.56 bits per heavy atom. The van der Waals surface area contributed by atoms with Crippen LogP contribution in [0.15, 0.2) is 48.5 Å². The third-order valence-corrected chi connectivity index (χ3v) is 8.30. The van der Waals surface area contributed by atoms with Gasteiger partial charge >= 0.3 is 5.97 Å². The molecule has 5 rings (SSSR count). The monoisotopic (exact) mass is 568 g/mol. The van der Waals surface area contributed by atoms with Crippen molar-refractivity contribution in [1.29, 1.82) is 0 Å². The number of carboxylic acid groups (broad SMARTS) is 1. The highest BCUT2D eigenvalue weighted by atomic mass is 16.7. The summed E-state index contributed by atoms with van der Waals surface area (Å²) in [5, 5.41) is 21.0. The normalized spacial score (nSPS) is 26.2. The van der Waals surface area contributed by atoms with Gasteiger partial charge in [-0.25, -0.2) is 0 Å². The Kier molecular flexibility index (Phi) is 9.69. The molecule has 4 atom stereocenters. The lowest BCUT2D eigenvalue weighted by Gasteiger charge is -2.44. The van der Waals surface area contributed by atoms with Crippen molar-refractivity contribution >= 4 is 11.9 Å². The number of carboxylic acids is 1. The number of amides is 1. The second-order valence-electron chi connectivity index (χ2n) is 11.1. The van der Waals surface area contributed by atoms with E-state index in [1.54, 1.807) is 0 Å². The van der Waals surface area contributed by atoms with E-state index in [1.807, 2.05) is 48.5 Å². The van der Waals surface area contributed by atoms with Gasteiger partial charge < -0.3 is 39.4 Å². The van der Waals surface area contributed by atoms with E-state index in [0.717, 1.165) is 54.7 Å². The van der Waals surface area contributed by atoms with Gasteiger partial charge in [0, 0.05) is 56.9 Å². The first kappa shape index (κ1) is 29.6. The number of aliphatic carboxylic acids is 1. The molecule has 3 fully saturated rings. The standard InChI is InChI=1S/C31H40N2O8/c1-21-26(19-33-14-12-31(13-15-33)38-16-17-39-31)40-30(41-29(21)24-6-4-23(20-34)5-7-24)25-8-2-22(3-9-25)18-32-27(35)10-11-28(36)37/h2-9,21,26,29-30,34H,10-20H2,1H3,(H,32,35)(H,36,37). The summed E-state index contributed by atoms with van der Waals surface area (Å²) in [5.41, 5.74) is 3.67. The minimum Gasteiger partial charge on any atom is -0.481 e. The third kappa shape index (κ3) is 7.51. The molecule has 41 heavy (non-hydrogen) atoms. The average molecular weight is 569 g/mol. The number of aliphatic hydroxyl groups excluding tert-OH is 1. The first-order chi connectivity index (χ1) is 19.8. The number of nitrogens with zero attached hydrogens (tertiary/aromatic N) is 1. The minimum atomic E-state index is -0.992. The fraction of sp³-hybridized carbons (Fsp3) is 0.548. The van der Waals surface area contributed by atoms with Crippen molar-refractivity contribution in [3.8, 4) is 0 Å². The number of aliphatic hydroxyl groups is 1. The predicted octanol–water partition coefficient (Wildman–Crippen LogP) is 3.29. The number of nitrogens with one attached hydrogen (secondary N) is 1. The highest BCUT2D eigenvalue weighted by Gasteiger charge is 2.43. The number of ether oxygens (including phenoxy) is 4. The summed E-state index contributed by atoms with van der Waals surface area (Å²) >= 11 is 0. The summed E-state index contributed by atoms with van der Waals surface area (Å²) in [6, 6.07) is 15.6. The van der Waals surface area contributed by atoms with Gasteiger partial charge in [-0.15, -0.1) is 0 Å². The Labute approximate surface area is 240 Å². The number of carbonyl (C=O) groups excluding carboxylic acids is 1. The number of hydrogen-bond donors (Lipinski definition) is 3. The number of likely N-dealkylation sites (tertiary alicyclic amines) is 1. The van der Waals surface area contributed by atoms with Gasteiger partial charge in [0.05, 0.1) is 38.4 Å². The number of carbonyl (C=O) groups is 2. The lowest BCUT2D eigenvalue weighted by atomic mass is 9.89. The molecule has 1 amide bonds. The lowest BCUT2D eigenvalue weighted by molar-refractivity contribution is -0.278. The molecule has 0 saturated carbocycles. The van der Waals surface area contributed by atoms with Crippen LogP contribution in [0.1, 0.15) is 67.3 Å². The van der Waals surface area contributed by atoms with Crippen LogP contribution in [0.5, 0.6) is 0 Å². The molecule has 10 nitrogen and oxygen atoms in total. The van der Waals surface area contributed by atoms with E-state index in [-0.39, 0.29) is 43.5 Å². The maximum absolute atomic E-state index is 11.9. The summed E-state index contributed by atoms with van der Waals surface area (Å²) in [6.45, 7) is 6.31. The zero-order chi connectivity index (χ0) is 28.8. The van der Waals surface area contributed by atoms with E-state index < -0.39 is 18.0 Å². The summed E-state index contributed by atoms with van der Waals surface area (Å²) in [6.07, 6.45) is 0.597. The molecule has 10 heteroatoms. The van der Waals surface area contributed by atoms with E-state index in [2.05, 4.69) is 17.1 Å². The highest BCUT2D eigenvalue weighted by molar-refractivity contribution is 5.80. The molecule has 3 aliphatic heterocycles. The zero-order valence-corrected chi connectivity index (χ0v) is 23.5. The Balaban J connectivity index is 1.27. The van der Waals surface area contributed by atoms with E-state index in [9.17, 15) is 14.7 Å². The molecule has 3 aliphatic rings. The Morgan fingerprint density at radius 1 is 0.927 bits per heavy atom.